The monoisotopic (exact) mass is 264 g/mol. The predicted octanol–water partition coefficient (Wildman–Crippen LogP) is 3.06. The normalized spacial score (nSPS) is 10.7. The second kappa shape index (κ2) is 7.43. The number of hydrogen-bond acceptors (Lipinski definition) is 2. The molecule has 0 heterocycles. The third-order valence-electron chi connectivity index (χ3n) is 2.87. The van der Waals surface area contributed by atoms with Crippen molar-refractivity contribution in [1.82, 2.24) is 0 Å². The van der Waals surface area contributed by atoms with Gasteiger partial charge >= 0.3 is 0 Å². The van der Waals surface area contributed by atoms with E-state index in [0.717, 1.165) is 12.3 Å². The average Bonchev–Trinajstić information content (AvgIpc) is 2.30. The quantitative estimate of drug-likeness (QED) is 0.709. The fraction of sp³-hybridized carbons (Fsp3) is 0.467. The highest BCUT2D eigenvalue weighted by Crippen LogP contribution is 2.36. The van der Waals surface area contributed by atoms with Crippen LogP contribution in [0.25, 0.3) is 0 Å². The molecule has 98 valence electrons. The van der Waals surface area contributed by atoms with Crippen molar-refractivity contribution in [2.45, 2.75) is 33.6 Å². The van der Waals surface area contributed by atoms with Gasteiger partial charge in [0.05, 0.1) is 0 Å². The van der Waals surface area contributed by atoms with Gasteiger partial charge in [0.1, 0.15) is 11.6 Å². The van der Waals surface area contributed by atoms with E-state index in [1.165, 1.54) is 10.9 Å². The largest absolute Gasteiger partial charge is 0.300 e. The fourth-order valence-electron chi connectivity index (χ4n) is 1.71. The molecule has 0 aliphatic heterocycles. The summed E-state index contributed by atoms with van der Waals surface area (Å²) >= 11 is 0. The van der Waals surface area contributed by atoms with E-state index in [1.807, 2.05) is 0 Å². The topological polar surface area (TPSA) is 34.1 Å². The molecule has 0 aliphatic rings. The van der Waals surface area contributed by atoms with Gasteiger partial charge in [0.2, 0.25) is 0 Å². The highest BCUT2D eigenvalue weighted by Gasteiger charge is 2.12. The van der Waals surface area contributed by atoms with E-state index in [-0.39, 0.29) is 19.5 Å². The van der Waals surface area contributed by atoms with Gasteiger partial charge in [0.15, 0.2) is 0 Å². The number of hydrogen-bond donors (Lipinski definition) is 0. The van der Waals surface area contributed by atoms with Crippen LogP contribution in [0.15, 0.2) is 24.3 Å². The molecule has 0 unspecified atom stereocenters. The summed E-state index contributed by atoms with van der Waals surface area (Å²) in [5.41, 5.74) is 1.24. The molecule has 0 aliphatic carbocycles. The van der Waals surface area contributed by atoms with Gasteiger partial charge in [-0.25, -0.2) is 0 Å². The highest BCUT2D eigenvalue weighted by atomic mass is 31.1. The first-order valence-corrected chi connectivity index (χ1v) is 8.00. The van der Waals surface area contributed by atoms with Gasteiger partial charge in [-0.1, -0.05) is 37.8 Å². The van der Waals surface area contributed by atoms with Crippen LogP contribution < -0.4 is 5.30 Å². The first-order valence-electron chi connectivity index (χ1n) is 6.29. The molecule has 0 fully saturated rings. The van der Waals surface area contributed by atoms with Crippen LogP contribution in [0.2, 0.25) is 0 Å². The maximum Gasteiger partial charge on any atom is 0.130 e. The van der Waals surface area contributed by atoms with E-state index in [1.54, 1.807) is 13.8 Å². The Bertz CT molecular complexity index is 391. The average molecular weight is 264 g/mol. The van der Waals surface area contributed by atoms with Gasteiger partial charge in [-0.3, -0.25) is 0 Å². The summed E-state index contributed by atoms with van der Waals surface area (Å²) in [5, 5.41) is 1.30. The smallest absolute Gasteiger partial charge is 0.130 e. The lowest BCUT2D eigenvalue weighted by Crippen LogP contribution is -2.10. The first-order chi connectivity index (χ1) is 8.49. The molecule has 0 spiro atoms. The first kappa shape index (κ1) is 15.0. The van der Waals surface area contributed by atoms with Crippen LogP contribution >= 0.6 is 7.92 Å². The molecule has 0 amide bonds. The Balaban J connectivity index is 2.71. The summed E-state index contributed by atoms with van der Waals surface area (Å²) in [7, 11) is -0.375. The van der Waals surface area contributed by atoms with Gasteiger partial charge in [0, 0.05) is 12.8 Å². The van der Waals surface area contributed by atoms with Gasteiger partial charge in [-0.2, -0.15) is 0 Å². The lowest BCUT2D eigenvalue weighted by atomic mass is 10.2. The molecule has 0 N–H and O–H groups in total. The maximum atomic E-state index is 11.1. The molecule has 2 nitrogen and oxygen atoms in total. The van der Waals surface area contributed by atoms with Gasteiger partial charge in [0.25, 0.3) is 0 Å². The zero-order valence-electron chi connectivity index (χ0n) is 11.4. The Morgan fingerprint density at radius 2 is 1.39 bits per heavy atom. The van der Waals surface area contributed by atoms with Crippen molar-refractivity contribution < 1.29 is 9.59 Å². The van der Waals surface area contributed by atoms with Crippen molar-refractivity contribution in [3.8, 4) is 0 Å². The molecule has 18 heavy (non-hydrogen) atoms. The Kier molecular flexibility index (Phi) is 6.21. The van der Waals surface area contributed by atoms with E-state index in [4.69, 9.17) is 0 Å². The predicted molar refractivity (Wildman–Crippen MR) is 78.1 cm³/mol. The SMILES string of the molecule is CC(=O)CCP(CCC(C)=O)c1ccc(C)cc1. The number of carbonyl (C=O) groups is 2. The standard InChI is InChI=1S/C15H21O2P/c1-12-4-6-15(7-5-12)18(10-8-13(2)16)11-9-14(3)17/h4-7H,8-11H2,1-3H3. The van der Waals surface area contributed by atoms with Gasteiger partial charge in [-0.15, -0.1) is 0 Å². The maximum absolute atomic E-state index is 11.1. The van der Waals surface area contributed by atoms with E-state index in [0.29, 0.717) is 12.8 Å². The Morgan fingerprint density at radius 3 is 1.78 bits per heavy atom. The van der Waals surface area contributed by atoms with Gasteiger partial charge in [-0.05, 0) is 38.4 Å². The Morgan fingerprint density at radius 1 is 0.944 bits per heavy atom. The van der Waals surface area contributed by atoms with Crippen molar-refractivity contribution in [2.24, 2.45) is 0 Å². The minimum absolute atomic E-state index is 0.234. The second-order valence-corrected chi connectivity index (χ2v) is 7.22. The van der Waals surface area contributed by atoms with Crippen LogP contribution in [-0.2, 0) is 9.59 Å². The van der Waals surface area contributed by atoms with Crippen molar-refractivity contribution in [3.05, 3.63) is 29.8 Å². The van der Waals surface area contributed by atoms with Crippen LogP contribution in [0.3, 0.4) is 0 Å². The Hall–Kier alpha value is -1.01. The molecule has 0 radical (unpaired) electrons. The summed E-state index contributed by atoms with van der Waals surface area (Å²) < 4.78 is 0. The number of rotatable bonds is 7. The fourth-order valence-corrected chi connectivity index (χ4v) is 4.19. The minimum Gasteiger partial charge on any atom is -0.300 e. The molecule has 0 saturated carbocycles. The third-order valence-corrected chi connectivity index (χ3v) is 5.42. The lowest BCUT2D eigenvalue weighted by Gasteiger charge is -2.17. The molecule has 0 bridgehead atoms. The zero-order chi connectivity index (χ0) is 13.5. The third kappa shape index (κ3) is 5.55. The minimum atomic E-state index is -0.375. The van der Waals surface area contributed by atoms with E-state index < -0.39 is 0 Å². The zero-order valence-corrected chi connectivity index (χ0v) is 12.3. The molecular formula is C15H21O2P. The molecule has 1 aromatic carbocycles. The molecular weight excluding hydrogens is 243 g/mol. The molecule has 0 saturated heterocycles. The van der Waals surface area contributed by atoms with E-state index >= 15 is 0 Å². The van der Waals surface area contributed by atoms with Crippen molar-refractivity contribution in [2.75, 3.05) is 12.3 Å². The Labute approximate surface area is 111 Å². The molecule has 0 aromatic heterocycles. The van der Waals surface area contributed by atoms with Crippen molar-refractivity contribution in [1.29, 1.82) is 0 Å². The summed E-state index contributed by atoms with van der Waals surface area (Å²) in [5.74, 6) is 0.467. The van der Waals surface area contributed by atoms with Crippen LogP contribution in [0, 0.1) is 6.92 Å². The van der Waals surface area contributed by atoms with Crippen LogP contribution in [0.4, 0.5) is 0 Å². The number of carbonyl (C=O) groups excluding carboxylic acids is 2. The highest BCUT2D eigenvalue weighted by molar-refractivity contribution is 7.65. The summed E-state index contributed by atoms with van der Waals surface area (Å²) in [6.45, 7) is 5.33. The number of ketones is 2. The van der Waals surface area contributed by atoms with Crippen LogP contribution in [0.5, 0.6) is 0 Å². The second-order valence-electron chi connectivity index (χ2n) is 4.73. The van der Waals surface area contributed by atoms with Crippen LogP contribution in [-0.4, -0.2) is 23.9 Å². The number of aryl methyl sites for hydroxylation is 1. The van der Waals surface area contributed by atoms with Crippen LogP contribution in [0.1, 0.15) is 32.3 Å². The molecule has 3 heteroatoms. The molecule has 0 atom stereocenters. The summed E-state index contributed by atoms with van der Waals surface area (Å²) in [6, 6.07) is 8.49. The summed E-state index contributed by atoms with van der Waals surface area (Å²) in [4.78, 5) is 22.2. The molecule has 1 aromatic rings. The summed E-state index contributed by atoms with van der Waals surface area (Å²) in [6.07, 6.45) is 3.05. The van der Waals surface area contributed by atoms with Crippen molar-refractivity contribution >= 4 is 24.8 Å². The number of benzene rings is 1. The van der Waals surface area contributed by atoms with Crippen molar-refractivity contribution in [3.63, 3.8) is 0 Å². The lowest BCUT2D eigenvalue weighted by molar-refractivity contribution is -0.117. The van der Waals surface area contributed by atoms with Gasteiger partial charge < -0.3 is 9.59 Å². The number of Topliss-reactive ketones (excluding diaryl/α,β-unsaturated/α-hetero) is 2. The van der Waals surface area contributed by atoms with E-state index in [2.05, 4.69) is 31.2 Å². The molecule has 1 rings (SSSR count). The van der Waals surface area contributed by atoms with E-state index in [9.17, 15) is 9.59 Å².